The van der Waals surface area contributed by atoms with Gasteiger partial charge in [-0.25, -0.2) is 0 Å². The third-order valence-electron chi connectivity index (χ3n) is 4.16. The van der Waals surface area contributed by atoms with Crippen LogP contribution in [0.3, 0.4) is 0 Å². The Balaban J connectivity index is 2.24. The molecule has 2 nitrogen and oxygen atoms in total. The second kappa shape index (κ2) is 6.79. The predicted octanol–water partition coefficient (Wildman–Crippen LogP) is 3.54. The van der Waals surface area contributed by atoms with Crippen LogP contribution in [-0.4, -0.2) is 37.3 Å². The van der Waals surface area contributed by atoms with Gasteiger partial charge in [-0.3, -0.25) is 4.90 Å². The molecule has 0 amide bonds. The van der Waals surface area contributed by atoms with Crippen LogP contribution in [0.2, 0.25) is 0 Å². The van der Waals surface area contributed by atoms with Gasteiger partial charge in [0, 0.05) is 12.1 Å². The van der Waals surface area contributed by atoms with Gasteiger partial charge in [-0.05, 0) is 44.0 Å². The molecule has 21 heavy (non-hydrogen) atoms. The summed E-state index contributed by atoms with van der Waals surface area (Å²) in [4.78, 5) is 1.59. The average Bonchev–Trinajstić information content (AvgIpc) is 2.44. The highest BCUT2D eigenvalue weighted by Gasteiger charge is 2.38. The lowest BCUT2D eigenvalue weighted by atomic mass is 9.83. The van der Waals surface area contributed by atoms with Crippen molar-refractivity contribution in [2.45, 2.75) is 44.4 Å². The van der Waals surface area contributed by atoms with E-state index in [1.165, 1.54) is 5.56 Å². The number of rotatable bonds is 5. The molecule has 0 saturated carbocycles. The summed E-state index contributed by atoms with van der Waals surface area (Å²) in [6.45, 7) is 1.57. The SMILES string of the molecule is CCCN(CC(F)(F)F)C1CCc2ccccc2C1NC. The summed E-state index contributed by atoms with van der Waals surface area (Å²) in [5.41, 5.74) is 2.39. The van der Waals surface area contributed by atoms with Crippen LogP contribution in [0.4, 0.5) is 13.2 Å². The molecule has 1 aliphatic carbocycles. The van der Waals surface area contributed by atoms with Crippen molar-refractivity contribution < 1.29 is 13.2 Å². The number of nitrogens with one attached hydrogen (secondary N) is 1. The Morgan fingerprint density at radius 3 is 2.62 bits per heavy atom. The normalized spacial score (nSPS) is 22.4. The maximum Gasteiger partial charge on any atom is 0.401 e. The molecule has 118 valence electrons. The van der Waals surface area contributed by atoms with E-state index in [0.717, 1.165) is 24.8 Å². The highest BCUT2D eigenvalue weighted by molar-refractivity contribution is 5.34. The Bertz CT molecular complexity index is 459. The van der Waals surface area contributed by atoms with Crippen LogP contribution in [0.1, 0.15) is 36.9 Å². The molecule has 0 saturated heterocycles. The van der Waals surface area contributed by atoms with Crippen LogP contribution in [0.25, 0.3) is 0 Å². The molecule has 1 aromatic rings. The van der Waals surface area contributed by atoms with Crippen molar-refractivity contribution in [3.8, 4) is 0 Å². The molecule has 0 aliphatic heterocycles. The van der Waals surface area contributed by atoms with Gasteiger partial charge >= 0.3 is 6.18 Å². The number of alkyl halides is 3. The minimum Gasteiger partial charge on any atom is -0.312 e. The lowest BCUT2D eigenvalue weighted by molar-refractivity contribution is -0.153. The Kier molecular flexibility index (Phi) is 5.27. The topological polar surface area (TPSA) is 15.3 Å². The van der Waals surface area contributed by atoms with Crippen LogP contribution in [-0.2, 0) is 6.42 Å². The molecule has 2 rings (SSSR count). The van der Waals surface area contributed by atoms with Crippen molar-refractivity contribution in [3.05, 3.63) is 35.4 Å². The fraction of sp³-hybridized carbons (Fsp3) is 0.625. The van der Waals surface area contributed by atoms with Gasteiger partial charge in [0.15, 0.2) is 0 Å². The highest BCUT2D eigenvalue weighted by Crippen LogP contribution is 2.34. The smallest absolute Gasteiger partial charge is 0.312 e. The van der Waals surface area contributed by atoms with Crippen molar-refractivity contribution >= 4 is 0 Å². The van der Waals surface area contributed by atoms with Crippen LogP contribution >= 0.6 is 0 Å². The molecule has 0 fully saturated rings. The van der Waals surface area contributed by atoms with Crippen LogP contribution in [0.15, 0.2) is 24.3 Å². The number of nitrogens with zero attached hydrogens (tertiary/aromatic N) is 1. The van der Waals surface area contributed by atoms with Gasteiger partial charge in [-0.15, -0.1) is 0 Å². The molecule has 0 spiro atoms. The van der Waals surface area contributed by atoms with E-state index in [4.69, 9.17) is 0 Å². The van der Waals surface area contributed by atoms with E-state index >= 15 is 0 Å². The zero-order valence-corrected chi connectivity index (χ0v) is 12.6. The quantitative estimate of drug-likeness (QED) is 0.895. The minimum atomic E-state index is -4.15. The van der Waals surface area contributed by atoms with Gasteiger partial charge in [-0.1, -0.05) is 31.2 Å². The molecule has 2 atom stereocenters. The standard InChI is InChI=1S/C16H23F3N2/c1-3-10-21(11-16(17,18)19)14-9-8-12-6-4-5-7-13(12)15(14)20-2/h4-7,14-15,20H,3,8-11H2,1-2H3. The van der Waals surface area contributed by atoms with Crippen LogP contribution in [0, 0.1) is 0 Å². The summed E-state index contributed by atoms with van der Waals surface area (Å²) in [5, 5.41) is 3.23. The van der Waals surface area contributed by atoms with Crippen LogP contribution < -0.4 is 5.32 Å². The monoisotopic (exact) mass is 300 g/mol. The first kappa shape index (κ1) is 16.3. The van der Waals surface area contributed by atoms with E-state index in [1.54, 1.807) is 4.90 Å². The fourth-order valence-corrected chi connectivity index (χ4v) is 3.36. The summed E-state index contributed by atoms with van der Waals surface area (Å²) in [6.07, 6.45) is -1.81. The van der Waals surface area contributed by atoms with Crippen LogP contribution in [0.5, 0.6) is 0 Å². The van der Waals surface area contributed by atoms with Crippen molar-refractivity contribution in [1.29, 1.82) is 0 Å². The van der Waals surface area contributed by atoms with E-state index < -0.39 is 12.7 Å². The minimum absolute atomic E-state index is 0.0381. The summed E-state index contributed by atoms with van der Waals surface area (Å²) in [6, 6.07) is 7.91. The summed E-state index contributed by atoms with van der Waals surface area (Å²) >= 11 is 0. The van der Waals surface area contributed by atoms with Gasteiger partial charge in [0.2, 0.25) is 0 Å². The third-order valence-corrected chi connectivity index (χ3v) is 4.16. The molecule has 1 aromatic carbocycles. The van der Waals surface area contributed by atoms with Crippen molar-refractivity contribution in [3.63, 3.8) is 0 Å². The third kappa shape index (κ3) is 3.98. The zero-order valence-electron chi connectivity index (χ0n) is 12.6. The lowest BCUT2D eigenvalue weighted by Crippen LogP contribution is -2.49. The van der Waals surface area contributed by atoms with E-state index in [-0.39, 0.29) is 12.1 Å². The zero-order chi connectivity index (χ0) is 15.5. The van der Waals surface area contributed by atoms with E-state index in [0.29, 0.717) is 6.54 Å². The first-order chi connectivity index (χ1) is 9.96. The average molecular weight is 300 g/mol. The molecular weight excluding hydrogens is 277 g/mol. The second-order valence-corrected chi connectivity index (χ2v) is 5.66. The van der Waals surface area contributed by atoms with E-state index in [2.05, 4.69) is 11.4 Å². The molecule has 0 bridgehead atoms. The molecule has 0 radical (unpaired) electrons. The number of halogens is 3. The van der Waals surface area contributed by atoms with Gasteiger partial charge in [0.25, 0.3) is 0 Å². The Hall–Kier alpha value is -1.07. The number of hydrogen-bond donors (Lipinski definition) is 1. The molecule has 2 unspecified atom stereocenters. The lowest BCUT2D eigenvalue weighted by Gasteiger charge is -2.41. The molecule has 1 N–H and O–H groups in total. The first-order valence-corrected chi connectivity index (χ1v) is 7.52. The van der Waals surface area contributed by atoms with E-state index in [1.807, 2.05) is 32.2 Å². The van der Waals surface area contributed by atoms with Gasteiger partial charge in [-0.2, -0.15) is 13.2 Å². The molecule has 5 heteroatoms. The van der Waals surface area contributed by atoms with E-state index in [9.17, 15) is 13.2 Å². The highest BCUT2D eigenvalue weighted by atomic mass is 19.4. The number of fused-ring (bicyclic) bond motifs is 1. The number of aryl methyl sites for hydroxylation is 1. The summed E-state index contributed by atoms with van der Waals surface area (Å²) in [5.74, 6) is 0. The Labute approximate surface area is 124 Å². The van der Waals surface area contributed by atoms with Gasteiger partial charge < -0.3 is 5.32 Å². The Morgan fingerprint density at radius 2 is 2.00 bits per heavy atom. The van der Waals surface area contributed by atoms with Crippen molar-refractivity contribution in [2.75, 3.05) is 20.1 Å². The fourth-order valence-electron chi connectivity index (χ4n) is 3.36. The molecular formula is C16H23F3N2. The molecule has 1 aliphatic rings. The van der Waals surface area contributed by atoms with Gasteiger partial charge in [0.05, 0.1) is 6.54 Å². The maximum absolute atomic E-state index is 12.8. The van der Waals surface area contributed by atoms with Crippen molar-refractivity contribution in [1.82, 2.24) is 10.2 Å². The number of benzene rings is 1. The first-order valence-electron chi connectivity index (χ1n) is 7.52. The van der Waals surface area contributed by atoms with Crippen molar-refractivity contribution in [2.24, 2.45) is 0 Å². The maximum atomic E-state index is 12.8. The number of likely N-dealkylation sites (N-methyl/N-ethyl adjacent to an activating group) is 1. The summed E-state index contributed by atoms with van der Waals surface area (Å²) in [7, 11) is 1.83. The Morgan fingerprint density at radius 1 is 1.29 bits per heavy atom. The predicted molar refractivity (Wildman–Crippen MR) is 78.3 cm³/mol. The molecule has 0 heterocycles. The van der Waals surface area contributed by atoms with Gasteiger partial charge in [0.1, 0.15) is 0 Å². The summed E-state index contributed by atoms with van der Waals surface area (Å²) < 4.78 is 38.5. The largest absolute Gasteiger partial charge is 0.401 e. The number of hydrogen-bond acceptors (Lipinski definition) is 2. The molecule has 0 aromatic heterocycles. The second-order valence-electron chi connectivity index (χ2n) is 5.66.